The van der Waals surface area contributed by atoms with Gasteiger partial charge in [-0.15, -0.1) is 0 Å². The minimum absolute atomic E-state index is 0.0573. The molecule has 0 spiro atoms. The molecule has 0 bridgehead atoms. The number of carbonyl (C=O) groups is 2. The maximum atomic E-state index is 13.2. The molecule has 1 fully saturated rings. The Kier molecular flexibility index (Phi) is 9.64. The largest absolute Gasteiger partial charge is 0.464 e. The van der Waals surface area contributed by atoms with Gasteiger partial charge in [0.05, 0.1) is 12.7 Å². The Morgan fingerprint density at radius 3 is 2.12 bits per heavy atom. The van der Waals surface area contributed by atoms with E-state index in [1.54, 1.807) is 0 Å². The van der Waals surface area contributed by atoms with Gasteiger partial charge in [0.15, 0.2) is 0 Å². The van der Waals surface area contributed by atoms with Crippen molar-refractivity contribution >= 4 is 19.7 Å². The lowest BCUT2D eigenvalue weighted by molar-refractivity contribution is -0.141. The van der Waals surface area contributed by atoms with Crippen LogP contribution in [0.5, 0.6) is 0 Å². The summed E-state index contributed by atoms with van der Waals surface area (Å²) in [5.74, 6) is -0.636. The second-order valence-corrected chi connectivity index (χ2v) is 7.97. The van der Waals surface area contributed by atoms with Crippen molar-refractivity contribution in [1.82, 2.24) is 4.67 Å². The molecular formula is C16H30NO7P. The van der Waals surface area contributed by atoms with Gasteiger partial charge in [0, 0.05) is 32.9 Å². The highest BCUT2D eigenvalue weighted by Gasteiger charge is 2.43. The van der Waals surface area contributed by atoms with Crippen molar-refractivity contribution in [2.75, 3.05) is 32.9 Å². The minimum Gasteiger partial charge on any atom is -0.464 e. The van der Waals surface area contributed by atoms with E-state index in [-0.39, 0.29) is 38.3 Å². The summed E-state index contributed by atoms with van der Waals surface area (Å²) in [5, 5.41) is 0. The summed E-state index contributed by atoms with van der Waals surface area (Å²) in [6, 6.07) is 0. The van der Waals surface area contributed by atoms with Crippen LogP contribution in [0.4, 0.5) is 0 Å². The molecule has 146 valence electrons. The molecule has 0 aliphatic carbocycles. The highest BCUT2D eigenvalue weighted by molar-refractivity contribution is 7.51. The quantitative estimate of drug-likeness (QED) is 0.423. The van der Waals surface area contributed by atoms with Gasteiger partial charge in [-0.3, -0.25) is 18.6 Å². The fourth-order valence-corrected chi connectivity index (χ4v) is 4.64. The molecule has 0 unspecified atom stereocenters. The first-order chi connectivity index (χ1) is 11.8. The standard InChI is InChI=1S/C16H30NO7P/c1-5-7-16-15(6-2)12-23-25(20,24-16)17(8-10-21-13(3)18)9-11-22-14(4)19/h15-16H,5-12H2,1-4H3/t15-,16+,25+/m1/s1. The van der Waals surface area contributed by atoms with Crippen molar-refractivity contribution in [3.8, 4) is 0 Å². The van der Waals surface area contributed by atoms with Gasteiger partial charge in [0.25, 0.3) is 0 Å². The Bertz CT molecular complexity index is 465. The first-order valence-electron chi connectivity index (χ1n) is 8.77. The van der Waals surface area contributed by atoms with Crippen molar-refractivity contribution in [3.63, 3.8) is 0 Å². The smallest absolute Gasteiger partial charge is 0.408 e. The Hall–Kier alpha value is -0.950. The van der Waals surface area contributed by atoms with Crippen LogP contribution in [0, 0.1) is 5.92 Å². The number of hydrogen-bond acceptors (Lipinski definition) is 7. The van der Waals surface area contributed by atoms with Crippen LogP contribution in [0.15, 0.2) is 0 Å². The Morgan fingerprint density at radius 2 is 1.68 bits per heavy atom. The average Bonchev–Trinajstić information content (AvgIpc) is 2.53. The van der Waals surface area contributed by atoms with Crippen LogP contribution < -0.4 is 0 Å². The summed E-state index contributed by atoms with van der Waals surface area (Å²) < 4.78 is 36.0. The molecule has 0 aromatic carbocycles. The van der Waals surface area contributed by atoms with Crippen LogP contribution in [0.3, 0.4) is 0 Å². The maximum absolute atomic E-state index is 13.2. The van der Waals surface area contributed by atoms with Crippen LogP contribution in [-0.4, -0.2) is 55.6 Å². The van der Waals surface area contributed by atoms with E-state index in [0.717, 1.165) is 19.3 Å². The lowest BCUT2D eigenvalue weighted by Gasteiger charge is -2.39. The zero-order valence-electron chi connectivity index (χ0n) is 15.6. The Balaban J connectivity index is 2.79. The van der Waals surface area contributed by atoms with Crippen molar-refractivity contribution in [3.05, 3.63) is 0 Å². The summed E-state index contributed by atoms with van der Waals surface area (Å²) >= 11 is 0. The molecule has 3 atom stereocenters. The number of nitrogens with zero attached hydrogens (tertiary/aromatic N) is 1. The van der Waals surface area contributed by atoms with Crippen LogP contribution in [0.2, 0.25) is 0 Å². The second kappa shape index (κ2) is 10.9. The maximum Gasteiger partial charge on any atom is 0.408 e. The third-order valence-corrected chi connectivity index (χ3v) is 6.10. The second-order valence-electron chi connectivity index (χ2n) is 6.00. The molecule has 1 rings (SSSR count). The van der Waals surface area contributed by atoms with E-state index in [4.69, 9.17) is 18.5 Å². The summed E-state index contributed by atoms with van der Waals surface area (Å²) in [7, 11) is -3.53. The molecule has 0 amide bonds. The third kappa shape index (κ3) is 7.44. The van der Waals surface area contributed by atoms with Gasteiger partial charge in [-0.25, -0.2) is 9.24 Å². The third-order valence-electron chi connectivity index (χ3n) is 4.00. The Labute approximate surface area is 149 Å². The van der Waals surface area contributed by atoms with Gasteiger partial charge in [-0.1, -0.05) is 20.3 Å². The molecule has 0 radical (unpaired) electrons. The minimum atomic E-state index is -3.53. The molecule has 9 heteroatoms. The summed E-state index contributed by atoms with van der Waals surface area (Å²) in [6.07, 6.45) is 2.46. The van der Waals surface area contributed by atoms with Gasteiger partial charge >= 0.3 is 19.7 Å². The van der Waals surface area contributed by atoms with Crippen molar-refractivity contribution in [1.29, 1.82) is 0 Å². The summed E-state index contributed by atoms with van der Waals surface area (Å²) in [5.41, 5.74) is 0. The van der Waals surface area contributed by atoms with Crippen LogP contribution in [0.25, 0.3) is 0 Å². The van der Waals surface area contributed by atoms with E-state index >= 15 is 0 Å². The lowest BCUT2D eigenvalue weighted by Crippen LogP contribution is -2.38. The lowest BCUT2D eigenvalue weighted by atomic mass is 9.97. The van der Waals surface area contributed by atoms with Gasteiger partial charge in [-0.05, 0) is 12.8 Å². The number of rotatable bonds is 10. The molecule has 0 N–H and O–H groups in total. The van der Waals surface area contributed by atoms with Gasteiger partial charge < -0.3 is 9.47 Å². The molecule has 0 saturated carbocycles. The number of carbonyl (C=O) groups excluding carboxylic acids is 2. The van der Waals surface area contributed by atoms with Crippen molar-refractivity contribution < 1.29 is 32.7 Å². The van der Waals surface area contributed by atoms with E-state index in [9.17, 15) is 14.2 Å². The van der Waals surface area contributed by atoms with E-state index in [2.05, 4.69) is 13.8 Å². The van der Waals surface area contributed by atoms with E-state index in [1.807, 2.05) is 0 Å². The average molecular weight is 379 g/mol. The molecule has 25 heavy (non-hydrogen) atoms. The van der Waals surface area contributed by atoms with E-state index in [1.165, 1.54) is 18.5 Å². The van der Waals surface area contributed by atoms with Crippen molar-refractivity contribution in [2.45, 2.75) is 53.1 Å². The SMILES string of the molecule is CCC[C@@H]1O[P@](=O)(N(CCOC(C)=O)CCOC(C)=O)OC[C@H]1CC. The summed E-state index contributed by atoms with van der Waals surface area (Å²) in [4.78, 5) is 21.9. The van der Waals surface area contributed by atoms with Gasteiger partial charge in [-0.2, -0.15) is 0 Å². The van der Waals surface area contributed by atoms with Crippen LogP contribution in [0.1, 0.15) is 47.0 Å². The summed E-state index contributed by atoms with van der Waals surface area (Å²) in [6.45, 7) is 7.54. The normalized spacial score (nSPS) is 26.4. The zero-order valence-corrected chi connectivity index (χ0v) is 16.5. The highest BCUT2D eigenvalue weighted by Crippen LogP contribution is 2.57. The van der Waals surface area contributed by atoms with E-state index in [0.29, 0.717) is 6.61 Å². The van der Waals surface area contributed by atoms with Crippen LogP contribution >= 0.6 is 7.75 Å². The predicted octanol–water partition coefficient (Wildman–Crippen LogP) is 2.76. The molecule has 1 saturated heterocycles. The number of esters is 2. The number of hydrogen-bond donors (Lipinski definition) is 0. The van der Waals surface area contributed by atoms with E-state index < -0.39 is 19.7 Å². The fraction of sp³-hybridized carbons (Fsp3) is 0.875. The number of ether oxygens (including phenoxy) is 2. The monoisotopic (exact) mass is 379 g/mol. The predicted molar refractivity (Wildman–Crippen MR) is 92.0 cm³/mol. The first-order valence-corrected chi connectivity index (χ1v) is 10.3. The molecule has 8 nitrogen and oxygen atoms in total. The molecule has 1 aliphatic heterocycles. The molecular weight excluding hydrogens is 349 g/mol. The fourth-order valence-electron chi connectivity index (χ4n) is 2.63. The van der Waals surface area contributed by atoms with Gasteiger partial charge in [0.1, 0.15) is 13.2 Å². The van der Waals surface area contributed by atoms with Crippen LogP contribution in [-0.2, 0) is 32.7 Å². The molecule has 1 aliphatic rings. The van der Waals surface area contributed by atoms with Gasteiger partial charge in [0.2, 0.25) is 0 Å². The van der Waals surface area contributed by atoms with Crippen molar-refractivity contribution in [2.24, 2.45) is 5.92 Å². The highest BCUT2D eigenvalue weighted by atomic mass is 31.2. The molecule has 0 aromatic heterocycles. The zero-order chi connectivity index (χ0) is 18.9. The topological polar surface area (TPSA) is 91.4 Å². The first kappa shape index (κ1) is 22.1. The molecule has 1 heterocycles. The molecule has 0 aromatic rings. The Morgan fingerprint density at radius 1 is 1.12 bits per heavy atom.